The van der Waals surface area contributed by atoms with Crippen molar-refractivity contribution in [1.29, 1.82) is 0 Å². The molecule has 0 spiro atoms. The van der Waals surface area contributed by atoms with Crippen LogP contribution in [0.4, 0.5) is 0 Å². The molecule has 102 valence electrons. The van der Waals surface area contributed by atoms with Gasteiger partial charge in [0.2, 0.25) is 5.91 Å². The summed E-state index contributed by atoms with van der Waals surface area (Å²) >= 11 is 6.23. The molecule has 3 rings (SSSR count). The van der Waals surface area contributed by atoms with Gasteiger partial charge in [0.25, 0.3) is 0 Å². The summed E-state index contributed by atoms with van der Waals surface area (Å²) in [6.07, 6.45) is 9.66. The van der Waals surface area contributed by atoms with Crippen molar-refractivity contribution >= 4 is 28.4 Å². The van der Waals surface area contributed by atoms with Gasteiger partial charge in [0, 0.05) is 23.1 Å². The largest absolute Gasteiger partial charge is 0.361 e. The molecule has 0 saturated heterocycles. The molecular formula is C16H15ClN2O. The van der Waals surface area contributed by atoms with Gasteiger partial charge in [-0.3, -0.25) is 4.79 Å². The van der Waals surface area contributed by atoms with Gasteiger partial charge in [0.1, 0.15) is 0 Å². The molecule has 2 aromatic rings. The maximum absolute atomic E-state index is 12.4. The lowest BCUT2D eigenvalue weighted by molar-refractivity contribution is -0.130. The van der Waals surface area contributed by atoms with E-state index in [1.807, 2.05) is 24.4 Å². The number of nitrogens with one attached hydrogen (secondary N) is 1. The maximum Gasteiger partial charge on any atom is 0.228 e. The second-order valence-corrected chi connectivity index (χ2v) is 5.52. The number of nitrogens with zero attached hydrogens (tertiary/aromatic N) is 1. The standard InChI is InChI=1S/C16H15ClN2O/c1-2-8-19(12-6-7-12)15(20)9-11-10-18-14-5-3-4-13(17)16(11)14/h1,3-5,10,12,18H,6-9H2. The van der Waals surface area contributed by atoms with Crippen molar-refractivity contribution in [3.05, 3.63) is 35.0 Å². The number of benzene rings is 1. The van der Waals surface area contributed by atoms with E-state index < -0.39 is 0 Å². The summed E-state index contributed by atoms with van der Waals surface area (Å²) in [5.74, 6) is 2.64. The summed E-state index contributed by atoms with van der Waals surface area (Å²) < 4.78 is 0. The van der Waals surface area contributed by atoms with Gasteiger partial charge in [-0.15, -0.1) is 6.42 Å². The number of carbonyl (C=O) groups is 1. The number of aromatic nitrogens is 1. The average Bonchev–Trinajstić information content (AvgIpc) is 3.18. The van der Waals surface area contributed by atoms with Gasteiger partial charge in [-0.25, -0.2) is 0 Å². The highest BCUT2D eigenvalue weighted by molar-refractivity contribution is 6.35. The van der Waals surface area contributed by atoms with Gasteiger partial charge < -0.3 is 9.88 Å². The van der Waals surface area contributed by atoms with E-state index in [0.717, 1.165) is 29.3 Å². The summed E-state index contributed by atoms with van der Waals surface area (Å²) in [7, 11) is 0. The van der Waals surface area contributed by atoms with Crippen molar-refractivity contribution in [2.45, 2.75) is 25.3 Å². The fourth-order valence-electron chi connectivity index (χ4n) is 2.52. The Labute approximate surface area is 122 Å². The zero-order valence-corrected chi connectivity index (χ0v) is 11.8. The van der Waals surface area contributed by atoms with Crippen LogP contribution in [-0.2, 0) is 11.2 Å². The third-order valence-electron chi connectivity index (χ3n) is 3.65. The summed E-state index contributed by atoms with van der Waals surface area (Å²) in [5.41, 5.74) is 1.88. The second kappa shape index (κ2) is 5.22. The van der Waals surface area contributed by atoms with Gasteiger partial charge in [0.05, 0.1) is 18.0 Å². The van der Waals surface area contributed by atoms with Crippen LogP contribution in [0, 0.1) is 12.3 Å². The smallest absolute Gasteiger partial charge is 0.228 e. The molecular weight excluding hydrogens is 272 g/mol. The van der Waals surface area contributed by atoms with Crippen molar-refractivity contribution in [1.82, 2.24) is 9.88 Å². The van der Waals surface area contributed by atoms with Gasteiger partial charge in [-0.2, -0.15) is 0 Å². The molecule has 4 heteroatoms. The minimum Gasteiger partial charge on any atom is -0.361 e. The van der Waals surface area contributed by atoms with Crippen LogP contribution in [0.15, 0.2) is 24.4 Å². The van der Waals surface area contributed by atoms with E-state index in [1.54, 1.807) is 4.90 Å². The van der Waals surface area contributed by atoms with Crippen LogP contribution in [0.5, 0.6) is 0 Å². The Kier molecular flexibility index (Phi) is 3.42. The summed E-state index contributed by atoms with van der Waals surface area (Å²) in [6, 6.07) is 6.02. The fraction of sp³-hybridized carbons (Fsp3) is 0.312. The first-order chi connectivity index (χ1) is 9.70. The lowest BCUT2D eigenvalue weighted by Crippen LogP contribution is -2.34. The number of carbonyl (C=O) groups excluding carboxylic acids is 1. The zero-order chi connectivity index (χ0) is 14.1. The molecule has 1 fully saturated rings. The third-order valence-corrected chi connectivity index (χ3v) is 3.96. The number of fused-ring (bicyclic) bond motifs is 1. The Morgan fingerprint density at radius 3 is 3.00 bits per heavy atom. The van der Waals surface area contributed by atoms with Gasteiger partial charge in [-0.1, -0.05) is 23.6 Å². The predicted molar refractivity (Wildman–Crippen MR) is 80.6 cm³/mol. The second-order valence-electron chi connectivity index (χ2n) is 5.11. The first-order valence-electron chi connectivity index (χ1n) is 6.68. The maximum atomic E-state index is 12.4. The number of H-pyrrole nitrogens is 1. The summed E-state index contributed by atoms with van der Waals surface area (Å²) in [5, 5.41) is 1.60. The van der Waals surface area contributed by atoms with Crippen LogP contribution in [0.1, 0.15) is 18.4 Å². The van der Waals surface area contributed by atoms with Crippen LogP contribution in [0.25, 0.3) is 10.9 Å². The number of rotatable bonds is 4. The fourth-order valence-corrected chi connectivity index (χ4v) is 2.81. The molecule has 0 unspecified atom stereocenters. The van der Waals surface area contributed by atoms with Crippen molar-refractivity contribution in [3.63, 3.8) is 0 Å². The van der Waals surface area contributed by atoms with Crippen LogP contribution < -0.4 is 0 Å². The van der Waals surface area contributed by atoms with E-state index in [1.165, 1.54) is 0 Å². The molecule has 0 bridgehead atoms. The van der Waals surface area contributed by atoms with Crippen molar-refractivity contribution < 1.29 is 4.79 Å². The Hall–Kier alpha value is -1.92. The van der Waals surface area contributed by atoms with E-state index in [2.05, 4.69) is 10.9 Å². The number of hydrogen-bond donors (Lipinski definition) is 1. The number of terminal acetylenes is 1. The van der Waals surface area contributed by atoms with Gasteiger partial charge in [0.15, 0.2) is 0 Å². The quantitative estimate of drug-likeness (QED) is 0.862. The highest BCUT2D eigenvalue weighted by Crippen LogP contribution is 2.30. The first-order valence-corrected chi connectivity index (χ1v) is 7.06. The van der Waals surface area contributed by atoms with Crippen molar-refractivity contribution in [3.8, 4) is 12.3 Å². The van der Waals surface area contributed by atoms with E-state index in [-0.39, 0.29) is 5.91 Å². The molecule has 1 aliphatic carbocycles. The highest BCUT2D eigenvalue weighted by atomic mass is 35.5. The molecule has 1 aromatic carbocycles. The SMILES string of the molecule is C#CCN(C(=O)Cc1c[nH]c2cccc(Cl)c12)C1CC1. The van der Waals surface area contributed by atoms with E-state index in [9.17, 15) is 4.79 Å². The minimum absolute atomic E-state index is 0.0752. The molecule has 0 radical (unpaired) electrons. The van der Waals surface area contributed by atoms with Crippen LogP contribution in [-0.4, -0.2) is 28.4 Å². The van der Waals surface area contributed by atoms with Crippen molar-refractivity contribution in [2.24, 2.45) is 0 Å². The van der Waals surface area contributed by atoms with E-state index >= 15 is 0 Å². The molecule has 0 aliphatic heterocycles. The number of amides is 1. The number of hydrogen-bond acceptors (Lipinski definition) is 1. The highest BCUT2D eigenvalue weighted by Gasteiger charge is 2.32. The molecule has 0 atom stereocenters. The van der Waals surface area contributed by atoms with Crippen LogP contribution in [0.3, 0.4) is 0 Å². The molecule has 20 heavy (non-hydrogen) atoms. The predicted octanol–water partition coefficient (Wildman–Crippen LogP) is 2.99. The van der Waals surface area contributed by atoms with Crippen LogP contribution >= 0.6 is 11.6 Å². The normalized spacial score (nSPS) is 14.2. The topological polar surface area (TPSA) is 36.1 Å². The van der Waals surface area contributed by atoms with Crippen LogP contribution in [0.2, 0.25) is 5.02 Å². The first kappa shape index (κ1) is 13.1. The Balaban J connectivity index is 1.85. The summed E-state index contributed by atoms with van der Waals surface area (Å²) in [4.78, 5) is 17.4. The molecule has 1 amide bonds. The molecule has 3 nitrogen and oxygen atoms in total. The summed E-state index contributed by atoms with van der Waals surface area (Å²) in [6.45, 7) is 0.388. The molecule has 1 saturated carbocycles. The van der Waals surface area contributed by atoms with Gasteiger partial charge >= 0.3 is 0 Å². The van der Waals surface area contributed by atoms with E-state index in [4.69, 9.17) is 18.0 Å². The Morgan fingerprint density at radius 1 is 1.50 bits per heavy atom. The van der Waals surface area contributed by atoms with E-state index in [0.29, 0.717) is 24.0 Å². The number of aromatic amines is 1. The molecule has 1 aliphatic rings. The molecule has 1 aromatic heterocycles. The lowest BCUT2D eigenvalue weighted by Gasteiger charge is -2.19. The average molecular weight is 287 g/mol. The number of halogens is 1. The lowest BCUT2D eigenvalue weighted by atomic mass is 10.1. The monoisotopic (exact) mass is 286 g/mol. The molecule has 1 heterocycles. The Bertz CT molecular complexity index is 694. The van der Waals surface area contributed by atoms with Gasteiger partial charge in [-0.05, 0) is 30.5 Å². The zero-order valence-electron chi connectivity index (χ0n) is 11.0. The molecule has 1 N–H and O–H groups in total. The Morgan fingerprint density at radius 2 is 2.30 bits per heavy atom. The van der Waals surface area contributed by atoms with Crippen molar-refractivity contribution in [2.75, 3.05) is 6.54 Å². The minimum atomic E-state index is 0.0752. The third kappa shape index (κ3) is 2.39.